The highest BCUT2D eigenvalue weighted by molar-refractivity contribution is 4.78. The van der Waals surface area contributed by atoms with Gasteiger partial charge in [0, 0.05) is 32.7 Å². The van der Waals surface area contributed by atoms with Crippen LogP contribution >= 0.6 is 0 Å². The molecule has 0 aromatic heterocycles. The van der Waals surface area contributed by atoms with Crippen LogP contribution in [0.2, 0.25) is 0 Å². The van der Waals surface area contributed by atoms with E-state index in [1.807, 2.05) is 13.0 Å². The van der Waals surface area contributed by atoms with Gasteiger partial charge in [-0.3, -0.25) is 9.80 Å². The Morgan fingerprint density at radius 1 is 1.42 bits per heavy atom. The summed E-state index contributed by atoms with van der Waals surface area (Å²) in [6.07, 6.45) is 1.63. The molecule has 0 aliphatic carbocycles. The largest absolute Gasteiger partial charge is 0.379 e. The molecule has 0 saturated carbocycles. The van der Waals surface area contributed by atoms with E-state index < -0.39 is 0 Å². The van der Waals surface area contributed by atoms with E-state index in [0.29, 0.717) is 0 Å². The second kappa shape index (κ2) is 4.60. The van der Waals surface area contributed by atoms with Crippen LogP contribution in [0.15, 0.2) is 12.7 Å². The van der Waals surface area contributed by atoms with Crippen molar-refractivity contribution < 1.29 is 5.11 Å². The summed E-state index contributed by atoms with van der Waals surface area (Å²) < 4.78 is 0. The second-order valence-electron chi connectivity index (χ2n) is 3.26. The van der Waals surface area contributed by atoms with Gasteiger partial charge in [-0.25, -0.2) is 0 Å². The number of aliphatic hydroxyl groups is 1. The minimum Gasteiger partial charge on any atom is -0.379 e. The van der Waals surface area contributed by atoms with E-state index in [0.717, 1.165) is 32.7 Å². The van der Waals surface area contributed by atoms with E-state index >= 15 is 0 Å². The number of hydrogen-bond acceptors (Lipinski definition) is 3. The lowest BCUT2D eigenvalue weighted by atomic mass is 10.3. The summed E-state index contributed by atoms with van der Waals surface area (Å²) in [5.74, 6) is 0. The first kappa shape index (κ1) is 9.71. The third kappa shape index (κ3) is 2.59. The van der Waals surface area contributed by atoms with E-state index in [9.17, 15) is 5.11 Å². The average Bonchev–Trinajstić information content (AvgIpc) is 2.06. The molecule has 1 aliphatic heterocycles. The lowest BCUT2D eigenvalue weighted by Gasteiger charge is -2.35. The first-order chi connectivity index (χ1) is 5.74. The van der Waals surface area contributed by atoms with Gasteiger partial charge in [0.25, 0.3) is 0 Å². The smallest absolute Gasteiger partial charge is 0.104 e. The summed E-state index contributed by atoms with van der Waals surface area (Å²) in [6, 6.07) is 0. The van der Waals surface area contributed by atoms with Crippen LogP contribution in [-0.4, -0.2) is 53.9 Å². The van der Waals surface area contributed by atoms with Crippen molar-refractivity contribution in [2.75, 3.05) is 32.7 Å². The Morgan fingerprint density at radius 2 is 2.00 bits per heavy atom. The Kier molecular flexibility index (Phi) is 3.72. The van der Waals surface area contributed by atoms with Gasteiger partial charge in [-0.05, 0) is 6.92 Å². The maximum absolute atomic E-state index is 9.28. The van der Waals surface area contributed by atoms with Crippen LogP contribution in [0.25, 0.3) is 0 Å². The van der Waals surface area contributed by atoms with Crippen molar-refractivity contribution >= 4 is 0 Å². The number of rotatable bonds is 3. The fourth-order valence-electron chi connectivity index (χ4n) is 1.50. The van der Waals surface area contributed by atoms with Crippen molar-refractivity contribution in [3.05, 3.63) is 12.7 Å². The van der Waals surface area contributed by atoms with E-state index in [2.05, 4.69) is 16.4 Å². The zero-order chi connectivity index (χ0) is 8.97. The Morgan fingerprint density at radius 3 is 2.42 bits per heavy atom. The molecule has 3 heteroatoms. The first-order valence-electron chi connectivity index (χ1n) is 4.49. The maximum atomic E-state index is 9.28. The molecule has 0 aromatic carbocycles. The van der Waals surface area contributed by atoms with E-state index in [-0.39, 0.29) is 6.23 Å². The Labute approximate surface area is 74.3 Å². The number of aliphatic hydroxyl groups excluding tert-OH is 1. The quantitative estimate of drug-likeness (QED) is 0.610. The molecule has 0 radical (unpaired) electrons. The molecule has 1 fully saturated rings. The average molecular weight is 170 g/mol. The van der Waals surface area contributed by atoms with Gasteiger partial charge in [0.15, 0.2) is 0 Å². The van der Waals surface area contributed by atoms with Crippen molar-refractivity contribution in [1.29, 1.82) is 0 Å². The monoisotopic (exact) mass is 170 g/mol. The Hall–Kier alpha value is -0.380. The van der Waals surface area contributed by atoms with E-state index in [1.54, 1.807) is 0 Å². The number of piperazine rings is 1. The molecule has 0 aromatic rings. The van der Waals surface area contributed by atoms with Crippen LogP contribution in [0, 0.1) is 0 Å². The molecule has 1 N–H and O–H groups in total. The van der Waals surface area contributed by atoms with Crippen molar-refractivity contribution in [3.63, 3.8) is 0 Å². The SMILES string of the molecule is C=CCN1CCN(C(C)O)CC1. The highest BCUT2D eigenvalue weighted by Gasteiger charge is 2.18. The van der Waals surface area contributed by atoms with E-state index in [1.165, 1.54) is 0 Å². The van der Waals surface area contributed by atoms with Crippen LogP contribution < -0.4 is 0 Å². The third-order valence-corrected chi connectivity index (χ3v) is 2.32. The van der Waals surface area contributed by atoms with Gasteiger partial charge >= 0.3 is 0 Å². The van der Waals surface area contributed by atoms with Crippen molar-refractivity contribution in [2.45, 2.75) is 13.2 Å². The lowest BCUT2D eigenvalue weighted by molar-refractivity contribution is -0.0106. The minimum absolute atomic E-state index is 0.295. The number of hydrogen-bond donors (Lipinski definition) is 1. The Bertz CT molecular complexity index is 139. The van der Waals surface area contributed by atoms with Gasteiger partial charge in [0.05, 0.1) is 0 Å². The molecular weight excluding hydrogens is 152 g/mol. The van der Waals surface area contributed by atoms with Crippen molar-refractivity contribution in [2.24, 2.45) is 0 Å². The summed E-state index contributed by atoms with van der Waals surface area (Å²) >= 11 is 0. The number of nitrogens with zero attached hydrogens (tertiary/aromatic N) is 2. The van der Waals surface area contributed by atoms with Crippen molar-refractivity contribution in [3.8, 4) is 0 Å². The van der Waals surface area contributed by atoms with Gasteiger partial charge in [0.1, 0.15) is 6.23 Å². The normalized spacial score (nSPS) is 23.8. The van der Waals surface area contributed by atoms with Crippen LogP contribution in [0.3, 0.4) is 0 Å². The predicted molar refractivity (Wildman–Crippen MR) is 49.9 cm³/mol. The molecule has 1 heterocycles. The molecule has 3 nitrogen and oxygen atoms in total. The standard InChI is InChI=1S/C9H18N2O/c1-3-4-10-5-7-11(8-6-10)9(2)12/h3,9,12H,1,4-8H2,2H3. The van der Waals surface area contributed by atoms with Gasteiger partial charge in [-0.2, -0.15) is 0 Å². The summed E-state index contributed by atoms with van der Waals surface area (Å²) in [5.41, 5.74) is 0. The summed E-state index contributed by atoms with van der Waals surface area (Å²) in [7, 11) is 0. The minimum atomic E-state index is -0.295. The molecule has 1 unspecified atom stereocenters. The summed E-state index contributed by atoms with van der Waals surface area (Å²) in [6.45, 7) is 10.5. The molecule has 12 heavy (non-hydrogen) atoms. The van der Waals surface area contributed by atoms with Gasteiger partial charge < -0.3 is 5.11 Å². The summed E-state index contributed by atoms with van der Waals surface area (Å²) in [4.78, 5) is 4.42. The zero-order valence-corrected chi connectivity index (χ0v) is 7.74. The Balaban J connectivity index is 2.24. The van der Waals surface area contributed by atoms with Crippen LogP contribution in [0.4, 0.5) is 0 Å². The molecule has 1 rings (SSSR count). The predicted octanol–water partition coefficient (Wildman–Crippen LogP) is 0.128. The molecule has 0 amide bonds. The second-order valence-corrected chi connectivity index (χ2v) is 3.26. The zero-order valence-electron chi connectivity index (χ0n) is 7.74. The highest BCUT2D eigenvalue weighted by Crippen LogP contribution is 2.03. The molecule has 0 spiro atoms. The third-order valence-electron chi connectivity index (χ3n) is 2.32. The lowest BCUT2D eigenvalue weighted by Crippen LogP contribution is -2.49. The first-order valence-corrected chi connectivity index (χ1v) is 4.49. The van der Waals surface area contributed by atoms with Gasteiger partial charge in [-0.1, -0.05) is 6.08 Å². The molecule has 0 bridgehead atoms. The van der Waals surface area contributed by atoms with Gasteiger partial charge in [-0.15, -0.1) is 6.58 Å². The fraction of sp³-hybridized carbons (Fsp3) is 0.778. The molecule has 70 valence electrons. The van der Waals surface area contributed by atoms with Crippen LogP contribution in [-0.2, 0) is 0 Å². The molecule has 1 saturated heterocycles. The highest BCUT2D eigenvalue weighted by atomic mass is 16.3. The molecular formula is C9H18N2O. The van der Waals surface area contributed by atoms with Crippen LogP contribution in [0.5, 0.6) is 0 Å². The van der Waals surface area contributed by atoms with Gasteiger partial charge in [0.2, 0.25) is 0 Å². The fourth-order valence-corrected chi connectivity index (χ4v) is 1.50. The van der Waals surface area contributed by atoms with E-state index in [4.69, 9.17) is 0 Å². The topological polar surface area (TPSA) is 26.7 Å². The maximum Gasteiger partial charge on any atom is 0.104 e. The van der Waals surface area contributed by atoms with Crippen molar-refractivity contribution in [1.82, 2.24) is 9.80 Å². The molecule has 1 aliphatic rings. The van der Waals surface area contributed by atoms with Crippen LogP contribution in [0.1, 0.15) is 6.92 Å². The molecule has 1 atom stereocenters. The summed E-state index contributed by atoms with van der Waals surface area (Å²) in [5, 5.41) is 9.28.